The molecule has 6 nitrogen and oxygen atoms in total. The van der Waals surface area contributed by atoms with Crippen LogP contribution in [0.4, 0.5) is 9.93 Å². The van der Waals surface area contributed by atoms with E-state index in [1.807, 2.05) is 60.0 Å². The van der Waals surface area contributed by atoms with Crippen molar-refractivity contribution in [2.24, 2.45) is 0 Å². The molecule has 2 aromatic carbocycles. The molecule has 24 heavy (non-hydrogen) atoms. The first-order chi connectivity index (χ1) is 11.8. The summed E-state index contributed by atoms with van der Waals surface area (Å²) in [5.74, 6) is 0. The average Bonchev–Trinajstić information content (AvgIpc) is 3.23. The number of hydrogen-bond donors (Lipinski definition) is 2. The fourth-order valence-corrected chi connectivity index (χ4v) is 3.07. The van der Waals surface area contributed by atoms with E-state index < -0.39 is 0 Å². The molecule has 4 rings (SSSR count). The zero-order valence-electron chi connectivity index (χ0n) is 12.5. The van der Waals surface area contributed by atoms with E-state index in [9.17, 15) is 4.79 Å². The van der Waals surface area contributed by atoms with E-state index in [-0.39, 0.29) is 6.03 Å². The van der Waals surface area contributed by atoms with Crippen LogP contribution in [0.15, 0.2) is 66.3 Å². The Kier molecular flexibility index (Phi) is 3.68. The van der Waals surface area contributed by atoms with E-state index in [2.05, 4.69) is 20.7 Å². The number of hydrogen-bond acceptors (Lipinski definition) is 4. The third-order valence-corrected chi connectivity index (χ3v) is 4.23. The smallest absolute Gasteiger partial charge is 0.282 e. The van der Waals surface area contributed by atoms with Gasteiger partial charge in [0.1, 0.15) is 6.33 Å². The summed E-state index contributed by atoms with van der Waals surface area (Å²) in [6.45, 7) is 0. The Morgan fingerprint density at radius 2 is 1.83 bits per heavy atom. The van der Waals surface area contributed by atoms with Gasteiger partial charge in [-0.05, 0) is 12.1 Å². The number of amides is 2. The number of thiazole rings is 1. The molecule has 0 unspecified atom stereocenters. The quantitative estimate of drug-likeness (QED) is 0.596. The number of nitrogens with one attached hydrogen (secondary N) is 2. The van der Waals surface area contributed by atoms with Gasteiger partial charge in [-0.15, -0.1) is 11.3 Å². The van der Waals surface area contributed by atoms with Crippen molar-refractivity contribution in [3.05, 3.63) is 66.3 Å². The summed E-state index contributed by atoms with van der Waals surface area (Å²) in [5, 5.41) is 5.20. The summed E-state index contributed by atoms with van der Waals surface area (Å²) in [7, 11) is 0. The van der Waals surface area contributed by atoms with Crippen LogP contribution in [0.25, 0.3) is 22.3 Å². The predicted octanol–water partition coefficient (Wildman–Crippen LogP) is 3.94. The molecule has 2 heterocycles. The maximum atomic E-state index is 12.2. The fourth-order valence-electron chi connectivity index (χ4n) is 2.36. The van der Waals surface area contributed by atoms with E-state index >= 15 is 0 Å². The molecule has 0 aliphatic heterocycles. The van der Waals surface area contributed by atoms with Gasteiger partial charge in [-0.25, -0.2) is 24.9 Å². The molecular weight excluding hydrogens is 322 g/mol. The maximum Gasteiger partial charge on any atom is 0.340 e. The van der Waals surface area contributed by atoms with Crippen LogP contribution in [0, 0.1) is 0 Å². The van der Waals surface area contributed by atoms with Gasteiger partial charge < -0.3 is 0 Å². The van der Waals surface area contributed by atoms with Gasteiger partial charge in [0.05, 0.1) is 16.7 Å². The van der Waals surface area contributed by atoms with Gasteiger partial charge in [0.25, 0.3) is 0 Å². The monoisotopic (exact) mass is 335 g/mol. The van der Waals surface area contributed by atoms with Gasteiger partial charge in [-0.2, -0.15) is 0 Å². The van der Waals surface area contributed by atoms with Crippen molar-refractivity contribution >= 4 is 33.5 Å². The van der Waals surface area contributed by atoms with Crippen LogP contribution in [0.5, 0.6) is 0 Å². The zero-order valence-corrected chi connectivity index (χ0v) is 13.3. The normalized spacial score (nSPS) is 10.7. The second-order valence-electron chi connectivity index (χ2n) is 5.07. The second kappa shape index (κ2) is 6.13. The number of fused-ring (bicyclic) bond motifs is 1. The summed E-state index contributed by atoms with van der Waals surface area (Å²) in [6, 6.07) is 17.0. The van der Waals surface area contributed by atoms with Gasteiger partial charge in [0.15, 0.2) is 5.13 Å². The first-order valence-corrected chi connectivity index (χ1v) is 8.18. The lowest BCUT2D eigenvalue weighted by atomic mass is 10.2. The van der Waals surface area contributed by atoms with Crippen LogP contribution < -0.4 is 10.7 Å². The van der Waals surface area contributed by atoms with E-state index in [1.54, 1.807) is 11.0 Å². The summed E-state index contributed by atoms with van der Waals surface area (Å²) < 4.78 is 1.58. The lowest BCUT2D eigenvalue weighted by Crippen LogP contribution is -2.27. The Balaban J connectivity index is 1.48. The topological polar surface area (TPSA) is 71.8 Å². The van der Waals surface area contributed by atoms with E-state index in [0.29, 0.717) is 5.13 Å². The molecule has 0 spiro atoms. The van der Waals surface area contributed by atoms with Gasteiger partial charge >= 0.3 is 6.03 Å². The minimum atomic E-state index is -0.368. The Labute approximate surface area is 141 Å². The molecule has 7 heteroatoms. The Hall–Kier alpha value is -3.19. The lowest BCUT2D eigenvalue weighted by molar-refractivity contribution is 0.260. The van der Waals surface area contributed by atoms with Crippen molar-refractivity contribution in [1.29, 1.82) is 0 Å². The van der Waals surface area contributed by atoms with Gasteiger partial charge in [0.2, 0.25) is 0 Å². The zero-order chi connectivity index (χ0) is 16.4. The predicted molar refractivity (Wildman–Crippen MR) is 95.7 cm³/mol. The van der Waals surface area contributed by atoms with Crippen LogP contribution in [0.1, 0.15) is 0 Å². The molecule has 2 aromatic heterocycles. The highest BCUT2D eigenvalue weighted by Crippen LogP contribution is 2.24. The van der Waals surface area contributed by atoms with Crippen molar-refractivity contribution in [3.63, 3.8) is 0 Å². The standard InChI is InChI=1S/C17H13N5OS/c23-16(21-22-11-18-13-8-4-5-9-15(13)22)20-17-19-14(10-24-17)12-6-2-1-3-7-12/h1-11H,(H2,19,20,21,23). The third kappa shape index (κ3) is 2.84. The number of carbonyl (C=O) groups is 1. The molecule has 4 aromatic rings. The van der Waals surface area contributed by atoms with Crippen LogP contribution in [-0.4, -0.2) is 20.7 Å². The SMILES string of the molecule is O=C(Nc1nc(-c2ccccc2)cs1)Nn1cnc2ccccc21. The van der Waals surface area contributed by atoms with Crippen molar-refractivity contribution in [1.82, 2.24) is 14.6 Å². The van der Waals surface area contributed by atoms with Crippen molar-refractivity contribution in [2.75, 3.05) is 10.7 Å². The number of anilines is 1. The number of para-hydroxylation sites is 2. The van der Waals surface area contributed by atoms with Crippen molar-refractivity contribution in [3.8, 4) is 11.3 Å². The molecule has 0 fully saturated rings. The molecule has 0 aliphatic rings. The summed E-state index contributed by atoms with van der Waals surface area (Å²) in [5.41, 5.74) is 6.24. The molecule has 0 saturated heterocycles. The molecule has 0 saturated carbocycles. The average molecular weight is 335 g/mol. The first kappa shape index (κ1) is 14.4. The third-order valence-electron chi connectivity index (χ3n) is 3.47. The minimum absolute atomic E-state index is 0.368. The van der Waals surface area contributed by atoms with Crippen molar-refractivity contribution in [2.45, 2.75) is 0 Å². The first-order valence-electron chi connectivity index (χ1n) is 7.31. The van der Waals surface area contributed by atoms with Crippen LogP contribution in [-0.2, 0) is 0 Å². The van der Waals surface area contributed by atoms with Gasteiger partial charge in [-0.3, -0.25) is 5.32 Å². The number of urea groups is 1. The highest BCUT2D eigenvalue weighted by molar-refractivity contribution is 7.14. The molecule has 0 bridgehead atoms. The molecular formula is C17H13N5OS. The van der Waals surface area contributed by atoms with Crippen molar-refractivity contribution < 1.29 is 4.79 Å². The minimum Gasteiger partial charge on any atom is -0.282 e. The Morgan fingerprint density at radius 1 is 1.04 bits per heavy atom. The fraction of sp³-hybridized carbons (Fsp3) is 0. The van der Waals surface area contributed by atoms with Crippen LogP contribution in [0.3, 0.4) is 0 Å². The maximum absolute atomic E-state index is 12.2. The number of nitrogens with zero attached hydrogens (tertiary/aromatic N) is 3. The molecule has 118 valence electrons. The summed E-state index contributed by atoms with van der Waals surface area (Å²) >= 11 is 1.38. The molecule has 2 amide bonds. The number of benzene rings is 2. The van der Waals surface area contributed by atoms with Gasteiger partial charge in [-0.1, -0.05) is 42.5 Å². The van der Waals surface area contributed by atoms with Crippen LogP contribution >= 0.6 is 11.3 Å². The van der Waals surface area contributed by atoms with Gasteiger partial charge in [0, 0.05) is 10.9 Å². The number of aromatic nitrogens is 3. The Bertz CT molecular complexity index is 992. The molecule has 2 N–H and O–H groups in total. The number of imidazole rings is 1. The lowest BCUT2D eigenvalue weighted by Gasteiger charge is -2.06. The largest absolute Gasteiger partial charge is 0.340 e. The molecule has 0 radical (unpaired) electrons. The second-order valence-corrected chi connectivity index (χ2v) is 5.93. The molecule has 0 aliphatic carbocycles. The summed E-state index contributed by atoms with van der Waals surface area (Å²) in [4.78, 5) is 20.8. The van der Waals surface area contributed by atoms with E-state index in [1.165, 1.54) is 11.3 Å². The Morgan fingerprint density at radius 3 is 2.71 bits per heavy atom. The van der Waals surface area contributed by atoms with E-state index in [4.69, 9.17) is 0 Å². The van der Waals surface area contributed by atoms with E-state index in [0.717, 1.165) is 22.3 Å². The molecule has 0 atom stereocenters. The highest BCUT2D eigenvalue weighted by atomic mass is 32.1. The summed E-state index contributed by atoms with van der Waals surface area (Å²) in [6.07, 6.45) is 1.57. The number of rotatable bonds is 3. The highest BCUT2D eigenvalue weighted by Gasteiger charge is 2.09. The van der Waals surface area contributed by atoms with Crippen LogP contribution in [0.2, 0.25) is 0 Å². The number of carbonyl (C=O) groups excluding carboxylic acids is 1.